The van der Waals surface area contributed by atoms with Crippen LogP contribution in [0.3, 0.4) is 0 Å². The summed E-state index contributed by atoms with van der Waals surface area (Å²) in [4.78, 5) is 0. The topological polar surface area (TPSA) is 21.3 Å². The van der Waals surface area contributed by atoms with Gasteiger partial charge in [-0.25, -0.2) is 0 Å². The molecule has 0 spiro atoms. The van der Waals surface area contributed by atoms with Gasteiger partial charge in [-0.2, -0.15) is 11.8 Å². The first kappa shape index (κ1) is 15.8. The first-order chi connectivity index (χ1) is 9.69. The van der Waals surface area contributed by atoms with E-state index in [-0.39, 0.29) is 0 Å². The molecule has 1 aliphatic carbocycles. The van der Waals surface area contributed by atoms with E-state index in [1.807, 2.05) is 23.9 Å². The van der Waals surface area contributed by atoms with E-state index in [9.17, 15) is 0 Å². The second-order valence-electron chi connectivity index (χ2n) is 5.09. The van der Waals surface area contributed by atoms with Gasteiger partial charge in [-0.1, -0.05) is 28.3 Å². The van der Waals surface area contributed by atoms with Gasteiger partial charge < -0.3 is 10.1 Å². The summed E-state index contributed by atoms with van der Waals surface area (Å²) in [5.74, 6) is 3.37. The maximum Gasteiger partial charge on any atom is 0.148 e. The number of halogens is 1. The Balaban J connectivity index is 1.94. The number of nitrogens with one attached hydrogen (secondary N) is 1. The van der Waals surface area contributed by atoms with Gasteiger partial charge in [0.2, 0.25) is 0 Å². The zero-order valence-corrected chi connectivity index (χ0v) is 14.1. The lowest BCUT2D eigenvalue weighted by atomic mass is 9.84. The molecule has 0 unspecified atom stereocenters. The minimum atomic E-state index is 0.309. The van der Waals surface area contributed by atoms with Crippen molar-refractivity contribution < 1.29 is 4.74 Å². The molecule has 2 nitrogen and oxygen atoms in total. The van der Waals surface area contributed by atoms with Gasteiger partial charge in [-0.05, 0) is 37.3 Å². The van der Waals surface area contributed by atoms with Crippen molar-refractivity contribution in [2.45, 2.75) is 30.6 Å². The molecule has 4 heteroatoms. The van der Waals surface area contributed by atoms with Gasteiger partial charge in [0.05, 0.1) is 0 Å². The van der Waals surface area contributed by atoms with E-state index in [0.29, 0.717) is 11.4 Å². The molecule has 0 radical (unpaired) electrons. The number of rotatable bonds is 7. The molecule has 1 aromatic rings. The third-order valence-electron chi connectivity index (χ3n) is 3.79. The predicted molar refractivity (Wildman–Crippen MR) is 90.3 cm³/mol. The van der Waals surface area contributed by atoms with Crippen molar-refractivity contribution in [3.8, 4) is 18.1 Å². The normalized spacial score (nSPS) is 16.2. The van der Waals surface area contributed by atoms with Gasteiger partial charge in [0.15, 0.2) is 0 Å². The summed E-state index contributed by atoms with van der Waals surface area (Å²) in [6.07, 6.45) is 11.5. The summed E-state index contributed by atoms with van der Waals surface area (Å²) in [6.45, 7) is 2.17. The summed E-state index contributed by atoms with van der Waals surface area (Å²) in [7, 11) is 0. The number of terminal acetylenes is 1. The summed E-state index contributed by atoms with van der Waals surface area (Å²) < 4.78 is 7.10. The van der Waals surface area contributed by atoms with Gasteiger partial charge in [-0.15, -0.1) is 6.42 Å². The quantitative estimate of drug-likeness (QED) is 0.752. The Morgan fingerprint density at radius 3 is 2.90 bits per heavy atom. The van der Waals surface area contributed by atoms with Crippen LogP contribution in [0.5, 0.6) is 5.75 Å². The predicted octanol–water partition coefficient (Wildman–Crippen LogP) is 3.84. The van der Waals surface area contributed by atoms with Crippen LogP contribution in [0.25, 0.3) is 0 Å². The molecule has 108 valence electrons. The van der Waals surface area contributed by atoms with Gasteiger partial charge in [-0.3, -0.25) is 0 Å². The van der Waals surface area contributed by atoms with Gasteiger partial charge in [0.1, 0.15) is 12.4 Å². The lowest BCUT2D eigenvalue weighted by Crippen LogP contribution is -2.43. The fourth-order valence-electron chi connectivity index (χ4n) is 2.40. The lowest BCUT2D eigenvalue weighted by molar-refractivity contribution is 0.340. The molecular formula is C16H20BrNOS. The van der Waals surface area contributed by atoms with E-state index in [0.717, 1.165) is 28.9 Å². The molecule has 0 bridgehead atoms. The molecule has 1 N–H and O–H groups in total. The first-order valence-corrected chi connectivity index (χ1v) is 8.81. The molecule has 20 heavy (non-hydrogen) atoms. The van der Waals surface area contributed by atoms with Crippen molar-refractivity contribution in [3.05, 3.63) is 28.2 Å². The van der Waals surface area contributed by atoms with Crippen LogP contribution in [-0.4, -0.2) is 24.2 Å². The van der Waals surface area contributed by atoms with Crippen LogP contribution in [0.15, 0.2) is 22.7 Å². The van der Waals surface area contributed by atoms with Crippen LogP contribution in [-0.2, 0) is 6.54 Å². The third-order valence-corrected chi connectivity index (χ3v) is 5.71. The highest BCUT2D eigenvalue weighted by atomic mass is 79.9. The van der Waals surface area contributed by atoms with Crippen LogP contribution in [0, 0.1) is 12.3 Å². The minimum Gasteiger partial charge on any atom is -0.481 e. The van der Waals surface area contributed by atoms with Crippen molar-refractivity contribution in [2.24, 2.45) is 0 Å². The van der Waals surface area contributed by atoms with E-state index in [4.69, 9.17) is 11.2 Å². The average molecular weight is 354 g/mol. The van der Waals surface area contributed by atoms with Crippen molar-refractivity contribution in [1.29, 1.82) is 0 Å². The number of ether oxygens (including phenoxy) is 1. The zero-order chi connectivity index (χ0) is 14.4. The third kappa shape index (κ3) is 3.94. The monoisotopic (exact) mass is 353 g/mol. The standard InChI is InChI=1S/C16H20BrNOS/c1-3-9-19-15-6-5-14(17)10-13(15)11-18-12-16(20-2)7-4-8-16/h1,5-6,10,18H,4,7-9,11-12H2,2H3. The number of hydrogen-bond donors (Lipinski definition) is 1. The molecule has 0 atom stereocenters. The Morgan fingerprint density at radius 1 is 1.50 bits per heavy atom. The molecule has 1 saturated carbocycles. The summed E-state index contributed by atoms with van der Waals surface area (Å²) in [6, 6.07) is 6.03. The summed E-state index contributed by atoms with van der Waals surface area (Å²) in [5, 5.41) is 3.57. The first-order valence-electron chi connectivity index (χ1n) is 6.80. The molecule has 1 aliphatic rings. The Labute approximate surface area is 134 Å². The van der Waals surface area contributed by atoms with Crippen molar-refractivity contribution in [1.82, 2.24) is 5.32 Å². The van der Waals surface area contributed by atoms with Crippen LogP contribution in [0.1, 0.15) is 24.8 Å². The molecule has 2 rings (SSSR count). The molecule has 0 aromatic heterocycles. The van der Waals surface area contributed by atoms with Crippen LogP contribution in [0.4, 0.5) is 0 Å². The van der Waals surface area contributed by atoms with Gasteiger partial charge in [0.25, 0.3) is 0 Å². The Morgan fingerprint density at radius 2 is 2.30 bits per heavy atom. The number of hydrogen-bond acceptors (Lipinski definition) is 3. The number of thioether (sulfide) groups is 1. The van der Waals surface area contributed by atoms with Crippen molar-refractivity contribution >= 4 is 27.7 Å². The van der Waals surface area contributed by atoms with Crippen LogP contribution in [0.2, 0.25) is 0 Å². The maximum absolute atomic E-state index is 5.59. The Bertz CT molecular complexity index is 488. The number of benzene rings is 1. The largest absolute Gasteiger partial charge is 0.481 e. The Kier molecular flexibility index (Phi) is 5.83. The van der Waals surface area contributed by atoms with Crippen LogP contribution < -0.4 is 10.1 Å². The summed E-state index contributed by atoms with van der Waals surface area (Å²) >= 11 is 5.49. The molecule has 0 aliphatic heterocycles. The summed E-state index contributed by atoms with van der Waals surface area (Å²) in [5.41, 5.74) is 1.14. The molecule has 1 fully saturated rings. The Hall–Kier alpha value is -0.630. The van der Waals surface area contributed by atoms with E-state index >= 15 is 0 Å². The SMILES string of the molecule is C#CCOc1ccc(Br)cc1CNCC1(SC)CCC1. The minimum absolute atomic E-state index is 0.309. The van der Waals surface area contributed by atoms with E-state index < -0.39 is 0 Å². The average Bonchev–Trinajstić information content (AvgIpc) is 2.41. The van der Waals surface area contributed by atoms with Gasteiger partial charge in [0, 0.05) is 27.9 Å². The second-order valence-corrected chi connectivity index (χ2v) is 7.28. The van der Waals surface area contributed by atoms with E-state index in [1.54, 1.807) is 0 Å². The zero-order valence-electron chi connectivity index (χ0n) is 11.7. The van der Waals surface area contributed by atoms with E-state index in [1.165, 1.54) is 19.3 Å². The van der Waals surface area contributed by atoms with E-state index in [2.05, 4.69) is 39.5 Å². The second kappa shape index (κ2) is 7.40. The lowest BCUT2D eigenvalue weighted by Gasteiger charge is -2.40. The highest BCUT2D eigenvalue weighted by Crippen LogP contribution is 2.42. The molecule has 0 saturated heterocycles. The van der Waals surface area contributed by atoms with Gasteiger partial charge >= 0.3 is 0 Å². The highest BCUT2D eigenvalue weighted by molar-refractivity contribution is 9.10. The van der Waals surface area contributed by atoms with Crippen molar-refractivity contribution in [2.75, 3.05) is 19.4 Å². The molecular weight excluding hydrogens is 334 g/mol. The molecule has 0 heterocycles. The molecule has 1 aromatic carbocycles. The maximum atomic E-state index is 5.59. The van der Waals surface area contributed by atoms with Crippen molar-refractivity contribution in [3.63, 3.8) is 0 Å². The molecule has 0 amide bonds. The fraction of sp³-hybridized carbons (Fsp3) is 0.500. The van der Waals surface area contributed by atoms with Crippen LogP contribution >= 0.6 is 27.7 Å². The highest BCUT2D eigenvalue weighted by Gasteiger charge is 2.35. The fourth-order valence-corrected chi connectivity index (χ4v) is 3.75. The smallest absolute Gasteiger partial charge is 0.148 e.